The molecule has 2 rings (SSSR count). The van der Waals surface area contributed by atoms with Crippen LogP contribution >= 0.6 is 0 Å². The maximum Gasteiger partial charge on any atom is 0.163 e. The van der Waals surface area contributed by atoms with Crippen LogP contribution in [-0.4, -0.2) is 12.9 Å². The number of ketones is 1. The maximum absolute atomic E-state index is 12.3. The summed E-state index contributed by atoms with van der Waals surface area (Å²) in [5.41, 5.74) is 3.20. The van der Waals surface area contributed by atoms with Gasteiger partial charge in [0.25, 0.3) is 0 Å². The third-order valence-corrected chi connectivity index (χ3v) is 3.47. The molecule has 0 heterocycles. The van der Waals surface area contributed by atoms with Crippen molar-refractivity contribution in [1.29, 1.82) is 0 Å². The number of rotatable bonds is 2. The monoisotopic (exact) mass is 244 g/mol. The van der Waals surface area contributed by atoms with Crippen molar-refractivity contribution >= 4 is 11.4 Å². The highest BCUT2D eigenvalue weighted by atomic mass is 16.5. The van der Waals surface area contributed by atoms with Gasteiger partial charge < -0.3 is 4.74 Å². The fourth-order valence-electron chi connectivity index (χ4n) is 2.79. The number of methoxy groups -OCH3 is 1. The number of allylic oxidation sites excluding steroid dienone is 2. The fourth-order valence-corrected chi connectivity index (χ4v) is 2.79. The largest absolute Gasteiger partial charge is 0.497 e. The zero-order valence-electron chi connectivity index (χ0n) is 11.5. The summed E-state index contributed by atoms with van der Waals surface area (Å²) in [5, 5.41) is 0. The Hall–Kier alpha value is -1.57. The van der Waals surface area contributed by atoms with Crippen LogP contribution < -0.4 is 4.74 Å². The van der Waals surface area contributed by atoms with Crippen molar-refractivity contribution in [3.05, 3.63) is 35.4 Å². The first kappa shape index (κ1) is 12.9. The summed E-state index contributed by atoms with van der Waals surface area (Å²) >= 11 is 0. The minimum Gasteiger partial charge on any atom is -0.497 e. The maximum atomic E-state index is 12.3. The fraction of sp³-hybridized carbons (Fsp3) is 0.438. The molecule has 0 aromatic heterocycles. The topological polar surface area (TPSA) is 26.3 Å². The number of hydrogen-bond acceptors (Lipinski definition) is 2. The van der Waals surface area contributed by atoms with Crippen molar-refractivity contribution in [1.82, 2.24) is 0 Å². The van der Waals surface area contributed by atoms with Gasteiger partial charge in [0.2, 0.25) is 0 Å². The van der Waals surface area contributed by atoms with Gasteiger partial charge in [-0.1, -0.05) is 31.6 Å². The quantitative estimate of drug-likeness (QED) is 0.789. The van der Waals surface area contributed by atoms with Crippen molar-refractivity contribution < 1.29 is 9.53 Å². The molecule has 0 atom stereocenters. The van der Waals surface area contributed by atoms with E-state index in [-0.39, 0.29) is 11.2 Å². The van der Waals surface area contributed by atoms with E-state index in [1.807, 2.05) is 24.3 Å². The minimum atomic E-state index is 0.0944. The van der Waals surface area contributed by atoms with Crippen LogP contribution in [0.3, 0.4) is 0 Å². The Labute approximate surface area is 109 Å². The predicted molar refractivity (Wildman–Crippen MR) is 73.6 cm³/mol. The van der Waals surface area contributed by atoms with Gasteiger partial charge in [0, 0.05) is 12.0 Å². The van der Waals surface area contributed by atoms with Crippen molar-refractivity contribution in [2.24, 2.45) is 5.41 Å². The van der Waals surface area contributed by atoms with Crippen LogP contribution in [0.15, 0.2) is 29.8 Å². The second-order valence-electron chi connectivity index (χ2n) is 5.82. The van der Waals surface area contributed by atoms with Crippen LogP contribution in [0, 0.1) is 5.41 Å². The third kappa shape index (κ3) is 2.47. The second kappa shape index (κ2) is 4.60. The van der Waals surface area contributed by atoms with Crippen LogP contribution in [-0.2, 0) is 4.79 Å². The van der Waals surface area contributed by atoms with Crippen molar-refractivity contribution in [2.75, 3.05) is 7.11 Å². The molecular weight excluding hydrogens is 224 g/mol. The van der Waals surface area contributed by atoms with E-state index >= 15 is 0 Å². The van der Waals surface area contributed by atoms with Gasteiger partial charge >= 0.3 is 0 Å². The highest BCUT2D eigenvalue weighted by Crippen LogP contribution is 2.40. The summed E-state index contributed by atoms with van der Waals surface area (Å²) in [6, 6.07) is 7.74. The molecular formula is C16H20O2. The van der Waals surface area contributed by atoms with Gasteiger partial charge in [0.15, 0.2) is 5.78 Å². The second-order valence-corrected chi connectivity index (χ2v) is 5.82. The van der Waals surface area contributed by atoms with E-state index in [2.05, 4.69) is 20.8 Å². The lowest BCUT2D eigenvalue weighted by atomic mass is 9.73. The molecule has 0 aliphatic heterocycles. The van der Waals surface area contributed by atoms with Gasteiger partial charge in [0.1, 0.15) is 5.75 Å². The molecule has 0 fully saturated rings. The number of Topliss-reactive ketones (excluding diaryl/α,β-unsaturated/α-hetero) is 1. The lowest BCUT2D eigenvalue weighted by Gasteiger charge is -2.31. The van der Waals surface area contributed by atoms with Gasteiger partial charge in [-0.05, 0) is 36.5 Å². The Kier molecular flexibility index (Phi) is 3.29. The summed E-state index contributed by atoms with van der Waals surface area (Å²) in [5.74, 6) is 1.08. The lowest BCUT2D eigenvalue weighted by molar-refractivity contribution is -0.116. The minimum absolute atomic E-state index is 0.0944. The highest BCUT2D eigenvalue weighted by Gasteiger charge is 2.31. The number of carbonyl (C=O) groups excluding carboxylic acids is 1. The van der Waals surface area contributed by atoms with Crippen molar-refractivity contribution in [3.8, 4) is 5.75 Å². The Morgan fingerprint density at radius 3 is 2.22 bits per heavy atom. The van der Waals surface area contributed by atoms with Crippen LogP contribution in [0.4, 0.5) is 0 Å². The van der Waals surface area contributed by atoms with E-state index in [9.17, 15) is 4.79 Å². The van der Waals surface area contributed by atoms with Crippen molar-refractivity contribution in [3.63, 3.8) is 0 Å². The molecule has 1 aromatic carbocycles. The van der Waals surface area contributed by atoms with E-state index in [1.165, 1.54) is 5.57 Å². The van der Waals surface area contributed by atoms with E-state index in [0.717, 1.165) is 23.3 Å². The van der Waals surface area contributed by atoms with Crippen LogP contribution in [0.5, 0.6) is 5.75 Å². The summed E-state index contributed by atoms with van der Waals surface area (Å²) in [6.07, 6.45) is 1.62. The Bertz CT molecular complexity index is 492. The molecule has 0 saturated heterocycles. The Morgan fingerprint density at radius 1 is 1.11 bits per heavy atom. The van der Waals surface area contributed by atoms with Gasteiger partial charge in [-0.2, -0.15) is 0 Å². The Morgan fingerprint density at radius 2 is 1.72 bits per heavy atom. The molecule has 0 radical (unpaired) electrons. The van der Waals surface area contributed by atoms with E-state index in [4.69, 9.17) is 4.74 Å². The van der Waals surface area contributed by atoms with Crippen molar-refractivity contribution in [2.45, 2.75) is 33.6 Å². The average Bonchev–Trinajstić information content (AvgIpc) is 2.27. The average molecular weight is 244 g/mol. The number of hydrogen-bond donors (Lipinski definition) is 0. The molecule has 1 aromatic rings. The molecule has 18 heavy (non-hydrogen) atoms. The number of ether oxygens (including phenoxy) is 1. The summed E-state index contributed by atoms with van der Waals surface area (Å²) in [4.78, 5) is 12.3. The molecule has 96 valence electrons. The van der Waals surface area contributed by atoms with Gasteiger partial charge in [-0.25, -0.2) is 0 Å². The zero-order valence-corrected chi connectivity index (χ0v) is 11.5. The van der Waals surface area contributed by atoms with Gasteiger partial charge in [-0.3, -0.25) is 4.79 Å². The molecule has 0 amide bonds. The molecule has 0 N–H and O–H groups in total. The molecule has 0 spiro atoms. The summed E-state index contributed by atoms with van der Waals surface area (Å²) in [6.45, 7) is 6.37. The van der Waals surface area contributed by atoms with Crippen LogP contribution in [0.2, 0.25) is 0 Å². The van der Waals surface area contributed by atoms with E-state index in [0.29, 0.717) is 6.42 Å². The lowest BCUT2D eigenvalue weighted by Crippen LogP contribution is -2.24. The molecule has 0 saturated carbocycles. The smallest absolute Gasteiger partial charge is 0.163 e. The molecule has 2 nitrogen and oxygen atoms in total. The van der Waals surface area contributed by atoms with E-state index < -0.39 is 0 Å². The summed E-state index contributed by atoms with van der Waals surface area (Å²) in [7, 11) is 1.65. The van der Waals surface area contributed by atoms with Crippen LogP contribution in [0.1, 0.15) is 39.2 Å². The molecule has 2 heteroatoms. The first-order chi connectivity index (χ1) is 8.43. The first-order valence-corrected chi connectivity index (χ1v) is 6.30. The van der Waals surface area contributed by atoms with Gasteiger partial charge in [-0.15, -0.1) is 0 Å². The molecule has 1 aliphatic rings. The predicted octanol–water partition coefficient (Wildman–Crippen LogP) is 3.86. The van der Waals surface area contributed by atoms with E-state index in [1.54, 1.807) is 7.11 Å². The molecule has 0 bridgehead atoms. The molecule has 1 aliphatic carbocycles. The highest BCUT2D eigenvalue weighted by molar-refractivity contribution is 6.22. The van der Waals surface area contributed by atoms with Gasteiger partial charge in [0.05, 0.1) is 7.11 Å². The third-order valence-electron chi connectivity index (χ3n) is 3.47. The first-order valence-electron chi connectivity index (χ1n) is 6.30. The number of benzene rings is 1. The standard InChI is InChI=1S/C16H20O2/c1-11-9-16(2,3)10-14(17)15(11)12-5-7-13(18-4)8-6-12/h5-8H,9-10H2,1-4H3. The zero-order chi connectivity index (χ0) is 13.3. The van der Waals surface area contributed by atoms with Crippen LogP contribution in [0.25, 0.3) is 5.57 Å². The number of carbonyl (C=O) groups is 1. The SMILES string of the molecule is COc1ccc(C2=C(C)CC(C)(C)CC2=O)cc1. The molecule has 0 unspecified atom stereocenters. The summed E-state index contributed by atoms with van der Waals surface area (Å²) < 4.78 is 5.14. The Balaban J connectivity index is 2.39. The normalized spacial score (nSPS) is 19.0.